The SMILES string of the molecule is [3H]CS[N-]SC[3H].[K+]. The second-order valence-electron chi connectivity index (χ2n) is 0.333. The predicted octanol–water partition coefficient (Wildman–Crippen LogP) is -1.08. The maximum atomic E-state index is 6.58. The first-order chi connectivity index (χ1) is 3.41. The molecule has 0 spiro atoms. The minimum Gasteiger partial charge on any atom is -0.551 e. The van der Waals surface area contributed by atoms with Crippen molar-refractivity contribution in [2.45, 2.75) is 0 Å². The molecule has 0 fully saturated rings. The third kappa shape index (κ3) is 9.57. The third-order valence-corrected chi connectivity index (χ3v) is 0.949. The van der Waals surface area contributed by atoms with E-state index in [-0.39, 0.29) is 63.8 Å². The molecule has 0 aromatic carbocycles. The summed E-state index contributed by atoms with van der Waals surface area (Å²) in [5.74, 6) is 0. The van der Waals surface area contributed by atoms with Crippen molar-refractivity contribution in [2.24, 2.45) is 0 Å². The van der Waals surface area contributed by atoms with E-state index in [0.29, 0.717) is 0 Å². The monoisotopic (exact) mass is 151 g/mol. The van der Waals surface area contributed by atoms with E-state index in [1.807, 2.05) is 0 Å². The van der Waals surface area contributed by atoms with Crippen molar-refractivity contribution in [1.82, 2.24) is 0 Å². The smallest absolute Gasteiger partial charge is 0.551 e. The van der Waals surface area contributed by atoms with Gasteiger partial charge in [-0.15, -0.1) is 0 Å². The Bertz CT molecular complexity index is 37.2. The second-order valence-corrected chi connectivity index (χ2v) is 1.45. The van der Waals surface area contributed by atoms with Gasteiger partial charge in [0.05, 0.1) is 0 Å². The van der Waals surface area contributed by atoms with Gasteiger partial charge < -0.3 is 4.13 Å². The Balaban J connectivity index is 0. The van der Waals surface area contributed by atoms with Crippen molar-refractivity contribution in [2.75, 3.05) is 12.5 Å². The minimum atomic E-state index is 0. The van der Waals surface area contributed by atoms with Gasteiger partial charge in [-0.3, -0.25) is 23.9 Å². The summed E-state index contributed by atoms with van der Waals surface area (Å²) in [5.41, 5.74) is 0. The molecule has 0 aliphatic carbocycles. The van der Waals surface area contributed by atoms with Crippen molar-refractivity contribution in [1.29, 1.82) is 0 Å². The molecule has 0 saturated carbocycles. The Morgan fingerprint density at radius 1 is 1.50 bits per heavy atom. The molecule has 0 amide bonds. The van der Waals surface area contributed by atoms with Gasteiger partial charge in [0.15, 0.2) is 0 Å². The zero-order valence-electron chi connectivity index (χ0n) is 5.68. The van der Waals surface area contributed by atoms with Crippen molar-refractivity contribution < 1.29 is 54.1 Å². The van der Waals surface area contributed by atoms with E-state index in [1.165, 1.54) is 23.9 Å². The van der Waals surface area contributed by atoms with Crippen LogP contribution in [0.15, 0.2) is 0 Å². The van der Waals surface area contributed by atoms with E-state index in [0.717, 1.165) is 0 Å². The molecule has 0 aromatic rings. The number of hydrogen-bond donors (Lipinski definition) is 0. The fraction of sp³-hybridized carbons (Fsp3) is 1.00. The summed E-state index contributed by atoms with van der Waals surface area (Å²) in [7, 11) is 0. The molecule has 32 valence electrons. The normalized spacial score (nSPS) is 11.3. The molecule has 0 radical (unpaired) electrons. The van der Waals surface area contributed by atoms with Crippen LogP contribution in [0.5, 0.6) is 0 Å². The molecule has 6 heavy (non-hydrogen) atoms. The van der Waals surface area contributed by atoms with Gasteiger partial charge in [0.25, 0.3) is 0 Å². The topological polar surface area (TPSA) is 14.1 Å². The Morgan fingerprint density at radius 2 is 2.00 bits per heavy atom. The molecule has 0 aliphatic heterocycles. The van der Waals surface area contributed by atoms with Gasteiger partial charge in [0.1, 0.15) is 0 Å². The Kier molecular flexibility index (Phi) is 11.0. The average molecular weight is 151 g/mol. The van der Waals surface area contributed by atoms with Gasteiger partial charge in [0, 0.05) is 2.74 Å². The summed E-state index contributed by atoms with van der Waals surface area (Å²) in [6, 6.07) is 0. The molecule has 0 atom stereocenters. The van der Waals surface area contributed by atoms with Crippen LogP contribution in [-0.2, 0) is 0 Å². The molecule has 0 aromatic heterocycles. The van der Waals surface area contributed by atoms with Gasteiger partial charge in [0.2, 0.25) is 0 Å². The molecule has 0 heterocycles. The van der Waals surface area contributed by atoms with E-state index < -0.39 is 0 Å². The van der Waals surface area contributed by atoms with Gasteiger partial charge in [-0.1, -0.05) is 0 Å². The van der Waals surface area contributed by atoms with Crippen LogP contribution >= 0.6 is 23.9 Å². The summed E-state index contributed by atoms with van der Waals surface area (Å²) in [5, 5.41) is 0. The maximum Gasteiger partial charge on any atom is 1.00 e. The maximum absolute atomic E-state index is 6.58. The number of rotatable bonds is 2. The summed E-state index contributed by atoms with van der Waals surface area (Å²) in [6.45, 7) is 0. The second kappa shape index (κ2) is 10.3. The molecule has 0 aliphatic rings. The van der Waals surface area contributed by atoms with Gasteiger partial charge in [-0.05, 0) is 12.5 Å². The minimum absolute atomic E-state index is 0. The van der Waals surface area contributed by atoms with E-state index >= 15 is 0 Å². The summed E-state index contributed by atoms with van der Waals surface area (Å²) in [6.07, 6.45) is 0.514. The molecule has 0 rings (SSSR count). The van der Waals surface area contributed by atoms with Crippen molar-refractivity contribution in [3.8, 4) is 0 Å². The van der Waals surface area contributed by atoms with Gasteiger partial charge >= 0.3 is 51.4 Å². The van der Waals surface area contributed by atoms with Gasteiger partial charge in [-0.25, -0.2) is 0 Å². The Morgan fingerprint density at radius 3 is 2.33 bits per heavy atom. The fourth-order valence-corrected chi connectivity index (χ4v) is 0.335. The first-order valence-corrected chi connectivity index (χ1v) is 2.83. The van der Waals surface area contributed by atoms with Crippen LogP contribution in [0, 0.1) is 0 Å². The van der Waals surface area contributed by atoms with Crippen LogP contribution in [0.25, 0.3) is 4.13 Å². The zero-order chi connectivity index (χ0) is 5.54. The first kappa shape index (κ1) is 6.42. The predicted molar refractivity (Wildman–Crippen MR) is 30.4 cm³/mol. The third-order valence-electron chi connectivity index (χ3n) is 0.105. The first-order valence-electron chi connectivity index (χ1n) is 2.36. The average Bonchev–Trinajstić information content (AvgIpc) is 1.69. The molecule has 0 unspecified atom stereocenters. The standard InChI is InChI=1S/C2H6NS2.K/c1-4-3-5-2;/h1-2H3;/q-1;+1/i1T,2T;. The van der Waals surface area contributed by atoms with Crippen LogP contribution < -0.4 is 51.4 Å². The van der Waals surface area contributed by atoms with Gasteiger partial charge in [-0.2, -0.15) is 0 Å². The molecular formula is C2H6KNS2. The quantitative estimate of drug-likeness (QED) is 0.283. The molecular weight excluding hydrogens is 141 g/mol. The van der Waals surface area contributed by atoms with Crippen LogP contribution in [0.2, 0.25) is 0 Å². The zero-order valence-corrected chi connectivity index (χ0v) is 8.43. The Hall–Kier alpha value is 2.30. The molecule has 0 saturated heterocycles. The Labute approximate surface area is 92.9 Å². The van der Waals surface area contributed by atoms with E-state index in [4.69, 9.17) is 2.74 Å². The summed E-state index contributed by atoms with van der Waals surface area (Å²) < 4.78 is 16.8. The van der Waals surface area contributed by atoms with Crippen molar-refractivity contribution in [3.05, 3.63) is 4.13 Å². The largest absolute Gasteiger partial charge is 1.00 e. The summed E-state index contributed by atoms with van der Waals surface area (Å²) >= 11 is 2.33. The van der Waals surface area contributed by atoms with Crippen LogP contribution in [0.4, 0.5) is 0 Å². The van der Waals surface area contributed by atoms with Crippen LogP contribution in [0.3, 0.4) is 0 Å². The number of hydrogen-bond acceptors (Lipinski definition) is 2. The summed E-state index contributed by atoms with van der Waals surface area (Å²) in [4.78, 5) is 0. The molecule has 4 heteroatoms. The van der Waals surface area contributed by atoms with E-state index in [2.05, 4.69) is 4.13 Å². The fourth-order valence-electron chi connectivity index (χ4n) is 0.0373. The van der Waals surface area contributed by atoms with Crippen LogP contribution in [0.1, 0.15) is 2.74 Å². The van der Waals surface area contributed by atoms with Crippen molar-refractivity contribution in [3.63, 3.8) is 0 Å². The molecule has 0 N–H and O–H groups in total. The van der Waals surface area contributed by atoms with E-state index in [9.17, 15) is 0 Å². The number of nitrogens with zero attached hydrogens (tertiary/aromatic N) is 1. The van der Waals surface area contributed by atoms with Crippen LogP contribution in [-0.4, -0.2) is 12.5 Å². The molecule has 0 bridgehead atoms. The van der Waals surface area contributed by atoms with E-state index in [1.54, 1.807) is 0 Å². The molecule has 1 nitrogen and oxygen atoms in total. The van der Waals surface area contributed by atoms with Crippen molar-refractivity contribution >= 4 is 23.9 Å².